The Bertz CT molecular complexity index is 1340. The summed E-state index contributed by atoms with van der Waals surface area (Å²) in [5.41, 5.74) is 3.31. The van der Waals surface area contributed by atoms with Crippen LogP contribution in [0.25, 0.3) is 0 Å². The van der Waals surface area contributed by atoms with E-state index in [9.17, 15) is 14.4 Å². The van der Waals surface area contributed by atoms with Crippen molar-refractivity contribution >= 4 is 17.7 Å². The van der Waals surface area contributed by atoms with Gasteiger partial charge in [0.05, 0.1) is 26.9 Å². The number of ether oxygens (including phenoxy) is 5. The number of nitrogens with one attached hydrogen (secondary N) is 1. The number of benzene rings is 2. The Kier molecular flexibility index (Phi) is 6.37. The zero-order chi connectivity index (χ0) is 26.3. The number of hydrogen-bond acceptors (Lipinski definition) is 9. The molecular weight excluding hydrogens is 478 g/mol. The van der Waals surface area contributed by atoms with Crippen LogP contribution in [0.1, 0.15) is 36.3 Å². The molecule has 0 spiro atoms. The van der Waals surface area contributed by atoms with Crippen molar-refractivity contribution in [2.75, 3.05) is 28.1 Å². The van der Waals surface area contributed by atoms with E-state index in [1.807, 2.05) is 12.1 Å². The lowest BCUT2D eigenvalue weighted by Gasteiger charge is -2.39. The first-order valence-electron chi connectivity index (χ1n) is 11.8. The van der Waals surface area contributed by atoms with E-state index in [1.54, 1.807) is 44.4 Å². The predicted molar refractivity (Wildman–Crippen MR) is 131 cm³/mol. The summed E-state index contributed by atoms with van der Waals surface area (Å²) < 4.78 is 26.4. The lowest BCUT2D eigenvalue weighted by atomic mass is 9.67. The van der Waals surface area contributed by atoms with Gasteiger partial charge >= 0.3 is 11.9 Å². The average molecular weight is 506 g/mol. The zero-order valence-corrected chi connectivity index (χ0v) is 21.0. The van der Waals surface area contributed by atoms with Crippen molar-refractivity contribution < 1.29 is 38.1 Å². The topological polar surface area (TPSA) is 109 Å². The Labute approximate surface area is 214 Å². The SMILES string of the molecule is COC(=O)C1=C(C)NC2=C(C(=O)C(C(=O)OC)C(c3ccc(OC)cc3)C2)C1c1ccc2c(c1)OCO2. The molecule has 0 aromatic heterocycles. The monoisotopic (exact) mass is 505 g/mol. The van der Waals surface area contributed by atoms with Gasteiger partial charge in [-0.2, -0.15) is 0 Å². The fourth-order valence-corrected chi connectivity index (χ4v) is 5.40. The second-order valence-electron chi connectivity index (χ2n) is 9.04. The number of carbonyl (C=O) groups is 3. The number of esters is 2. The average Bonchev–Trinajstić information content (AvgIpc) is 3.39. The molecule has 3 atom stereocenters. The molecule has 37 heavy (non-hydrogen) atoms. The number of hydrogen-bond donors (Lipinski definition) is 1. The van der Waals surface area contributed by atoms with Crippen molar-refractivity contribution in [2.45, 2.75) is 25.2 Å². The summed E-state index contributed by atoms with van der Waals surface area (Å²) in [6.07, 6.45) is 0.361. The van der Waals surface area contributed by atoms with E-state index in [0.717, 1.165) is 5.56 Å². The number of allylic oxidation sites excluding steroid dienone is 3. The summed E-state index contributed by atoms with van der Waals surface area (Å²) in [5.74, 6) is -2.17. The van der Waals surface area contributed by atoms with Gasteiger partial charge in [-0.05, 0) is 48.7 Å². The van der Waals surface area contributed by atoms with Crippen molar-refractivity contribution in [3.63, 3.8) is 0 Å². The first-order valence-corrected chi connectivity index (χ1v) is 11.8. The van der Waals surface area contributed by atoms with Crippen LogP contribution < -0.4 is 19.5 Å². The molecule has 3 aliphatic rings. The highest BCUT2D eigenvalue weighted by molar-refractivity contribution is 6.13. The van der Waals surface area contributed by atoms with Crippen LogP contribution in [0.5, 0.6) is 17.2 Å². The maximum atomic E-state index is 14.2. The molecule has 0 bridgehead atoms. The number of dihydropyridines is 1. The van der Waals surface area contributed by atoms with Crippen LogP contribution in [0.4, 0.5) is 0 Å². The number of carbonyl (C=O) groups excluding carboxylic acids is 3. The van der Waals surface area contributed by atoms with E-state index in [4.69, 9.17) is 23.7 Å². The van der Waals surface area contributed by atoms with Gasteiger partial charge in [0.25, 0.3) is 0 Å². The molecule has 192 valence electrons. The standard InChI is InChI=1S/C28H27NO8/c1-14-22(27(31)34-3)23(16-7-10-20-21(11-16)37-13-36-20)25-19(29-14)12-18(24(26(25)30)28(32)35-4)15-5-8-17(33-2)9-6-15/h5-11,18,23-24,29H,12-13H2,1-4H3. The maximum Gasteiger partial charge on any atom is 0.336 e. The number of rotatable bonds is 5. The minimum atomic E-state index is -1.09. The lowest BCUT2D eigenvalue weighted by Crippen LogP contribution is -2.43. The third-order valence-electron chi connectivity index (χ3n) is 7.15. The largest absolute Gasteiger partial charge is 0.497 e. The van der Waals surface area contributed by atoms with E-state index in [2.05, 4.69) is 5.32 Å². The summed E-state index contributed by atoms with van der Waals surface area (Å²) >= 11 is 0. The Morgan fingerprint density at radius 3 is 2.32 bits per heavy atom. The van der Waals surface area contributed by atoms with Crippen LogP contribution in [0.2, 0.25) is 0 Å². The van der Waals surface area contributed by atoms with Crippen LogP contribution in [0, 0.1) is 5.92 Å². The van der Waals surface area contributed by atoms with Crippen LogP contribution in [-0.2, 0) is 23.9 Å². The molecule has 2 aromatic carbocycles. The van der Waals surface area contributed by atoms with Crippen LogP contribution in [0.3, 0.4) is 0 Å². The van der Waals surface area contributed by atoms with Crippen LogP contribution in [-0.4, -0.2) is 45.8 Å². The van der Waals surface area contributed by atoms with E-state index in [-0.39, 0.29) is 6.79 Å². The fraction of sp³-hybridized carbons (Fsp3) is 0.321. The molecule has 2 heterocycles. The molecule has 0 saturated heterocycles. The van der Waals surface area contributed by atoms with Crippen LogP contribution in [0.15, 0.2) is 65.0 Å². The Hall–Kier alpha value is -4.27. The maximum absolute atomic E-state index is 14.2. The highest BCUT2D eigenvalue weighted by Crippen LogP contribution is 2.49. The second-order valence-corrected chi connectivity index (χ2v) is 9.04. The lowest BCUT2D eigenvalue weighted by molar-refractivity contribution is -0.150. The van der Waals surface area contributed by atoms with Gasteiger partial charge in [0.2, 0.25) is 6.79 Å². The first-order chi connectivity index (χ1) is 17.9. The minimum Gasteiger partial charge on any atom is -0.497 e. The molecule has 5 rings (SSSR count). The third kappa shape index (κ3) is 4.10. The van der Waals surface area contributed by atoms with Crippen molar-refractivity contribution in [3.8, 4) is 17.2 Å². The molecule has 0 amide bonds. The van der Waals surface area contributed by atoms with E-state index >= 15 is 0 Å². The van der Waals surface area contributed by atoms with Crippen molar-refractivity contribution in [3.05, 3.63) is 76.1 Å². The quantitative estimate of drug-likeness (QED) is 0.483. The van der Waals surface area contributed by atoms with Gasteiger partial charge in [0.15, 0.2) is 17.3 Å². The summed E-state index contributed by atoms with van der Waals surface area (Å²) in [6, 6.07) is 12.6. The van der Waals surface area contributed by atoms with Crippen molar-refractivity contribution in [1.29, 1.82) is 0 Å². The highest BCUT2D eigenvalue weighted by atomic mass is 16.7. The second kappa shape index (κ2) is 9.65. The van der Waals surface area contributed by atoms with E-state index < -0.39 is 35.5 Å². The van der Waals surface area contributed by atoms with Gasteiger partial charge in [0, 0.05) is 28.8 Å². The Morgan fingerprint density at radius 2 is 1.65 bits per heavy atom. The molecule has 1 aliphatic carbocycles. The number of Topliss-reactive ketones (excluding diaryl/α,β-unsaturated/α-hetero) is 1. The van der Waals surface area contributed by atoms with Gasteiger partial charge in [-0.25, -0.2) is 4.79 Å². The molecule has 2 aliphatic heterocycles. The molecule has 0 fully saturated rings. The molecular formula is C28H27NO8. The first kappa shape index (κ1) is 24.4. The molecule has 1 N–H and O–H groups in total. The van der Waals surface area contributed by atoms with Gasteiger partial charge in [0.1, 0.15) is 11.7 Å². The zero-order valence-electron chi connectivity index (χ0n) is 21.0. The van der Waals surface area contributed by atoms with Gasteiger partial charge in [-0.3, -0.25) is 9.59 Å². The van der Waals surface area contributed by atoms with Crippen molar-refractivity contribution in [2.24, 2.45) is 5.92 Å². The Balaban J connectivity index is 1.66. The van der Waals surface area contributed by atoms with Crippen LogP contribution >= 0.6 is 0 Å². The van der Waals surface area contributed by atoms with Gasteiger partial charge < -0.3 is 29.0 Å². The molecule has 0 radical (unpaired) electrons. The van der Waals surface area contributed by atoms with E-state index in [1.165, 1.54) is 14.2 Å². The molecule has 3 unspecified atom stereocenters. The number of ketones is 1. The fourth-order valence-electron chi connectivity index (χ4n) is 5.40. The summed E-state index contributed by atoms with van der Waals surface area (Å²) in [7, 11) is 4.13. The smallest absolute Gasteiger partial charge is 0.336 e. The Morgan fingerprint density at radius 1 is 0.946 bits per heavy atom. The molecule has 0 saturated carbocycles. The third-order valence-corrected chi connectivity index (χ3v) is 7.15. The normalized spacial score (nSPS) is 22.3. The molecule has 2 aromatic rings. The summed E-state index contributed by atoms with van der Waals surface area (Å²) in [6.45, 7) is 1.86. The number of methoxy groups -OCH3 is 3. The molecule has 9 nitrogen and oxygen atoms in total. The highest BCUT2D eigenvalue weighted by Gasteiger charge is 2.49. The number of fused-ring (bicyclic) bond motifs is 1. The summed E-state index contributed by atoms with van der Waals surface area (Å²) in [4.78, 5) is 40.2. The van der Waals surface area contributed by atoms with Crippen molar-refractivity contribution in [1.82, 2.24) is 5.32 Å². The predicted octanol–water partition coefficient (Wildman–Crippen LogP) is 3.36. The molecule has 9 heteroatoms. The summed E-state index contributed by atoms with van der Waals surface area (Å²) in [5, 5.41) is 3.27. The minimum absolute atomic E-state index is 0.0879. The van der Waals surface area contributed by atoms with Gasteiger partial charge in [-0.15, -0.1) is 0 Å². The van der Waals surface area contributed by atoms with Gasteiger partial charge in [-0.1, -0.05) is 18.2 Å². The van der Waals surface area contributed by atoms with E-state index in [0.29, 0.717) is 51.8 Å².